The highest BCUT2D eigenvalue weighted by Crippen LogP contribution is 2.28. The van der Waals surface area contributed by atoms with Crippen LogP contribution in [0.4, 0.5) is 9.18 Å². The van der Waals surface area contributed by atoms with Crippen LogP contribution in [-0.2, 0) is 9.53 Å². The predicted octanol–water partition coefficient (Wildman–Crippen LogP) is 4.88. The lowest BCUT2D eigenvalue weighted by Gasteiger charge is -2.35. The predicted molar refractivity (Wildman–Crippen MR) is 209 cm³/mol. The number of alkyl halides is 1. The number of para-hydroxylation sites is 2. The smallest absolute Gasteiger partial charge is 0.410 e. The minimum atomic E-state index is -1.42. The number of fused-ring (bicyclic) bond motifs is 2. The Bertz CT molecular complexity index is 2280. The van der Waals surface area contributed by atoms with E-state index in [9.17, 15) is 28.4 Å². The van der Waals surface area contributed by atoms with Crippen molar-refractivity contribution in [1.82, 2.24) is 35.3 Å². The Balaban J connectivity index is 0.936. The zero-order valence-electron chi connectivity index (χ0n) is 32.0. The molecule has 2 saturated heterocycles. The monoisotopic (exact) mass is 777 g/mol. The summed E-state index contributed by atoms with van der Waals surface area (Å²) < 4.78 is 25.6. The van der Waals surface area contributed by atoms with Crippen LogP contribution in [0.3, 0.4) is 0 Å². The molecule has 4 amide bonds. The zero-order chi connectivity index (χ0) is 40.3. The van der Waals surface area contributed by atoms with Crippen molar-refractivity contribution < 1.29 is 37.5 Å². The SMILES string of the molecule is CC(C)(C)OC(=O)N1CCN(CCNC(=O)c2ccc(-c3ccc4nccc(C(=O)NCC(=O)N5C[C@@H](F)C[C@H]5C(=O)c5nc6ccccc6o5)c4c3)cc2)CC1. The fourth-order valence-electron chi connectivity index (χ4n) is 7.03. The van der Waals surface area contributed by atoms with E-state index in [0.29, 0.717) is 66.8 Å². The summed E-state index contributed by atoms with van der Waals surface area (Å²) in [4.78, 5) is 79.0. The van der Waals surface area contributed by atoms with Gasteiger partial charge in [-0.2, -0.15) is 0 Å². The number of halogens is 1. The number of ketones is 1. The second-order valence-corrected chi connectivity index (χ2v) is 15.2. The van der Waals surface area contributed by atoms with Gasteiger partial charge < -0.3 is 29.6 Å². The van der Waals surface area contributed by atoms with Gasteiger partial charge in [-0.25, -0.2) is 14.2 Å². The van der Waals surface area contributed by atoms with Crippen LogP contribution in [0.25, 0.3) is 33.1 Å². The first kappa shape index (κ1) is 39.0. The van der Waals surface area contributed by atoms with Crippen molar-refractivity contribution in [3.63, 3.8) is 0 Å². The van der Waals surface area contributed by atoms with Crippen molar-refractivity contribution in [2.24, 2.45) is 0 Å². The molecule has 2 atom stereocenters. The number of nitrogens with zero attached hydrogens (tertiary/aromatic N) is 5. The Morgan fingerprint density at radius 2 is 1.61 bits per heavy atom. The lowest BCUT2D eigenvalue weighted by Crippen LogP contribution is -2.51. The fourth-order valence-corrected chi connectivity index (χ4v) is 7.03. The highest BCUT2D eigenvalue weighted by atomic mass is 19.1. The van der Waals surface area contributed by atoms with E-state index >= 15 is 0 Å². The standard InChI is InChI=1S/C42H44FN7O7/c1-42(2,3)57-41(55)49-20-18-48(19-21-49)17-16-45-38(53)27-10-8-26(9-11-27)28-12-13-32-31(22-28)30(14-15-44-32)39(54)46-24-36(51)50-25-29(43)23-34(50)37(52)40-47-33-6-4-5-7-35(33)56-40/h4-15,22,29,34H,16-21,23-25H2,1-3H3,(H,45,53)(H,46,54)/t29-,34-/m0/s1. The van der Waals surface area contributed by atoms with Gasteiger partial charge in [0.25, 0.3) is 17.7 Å². The highest BCUT2D eigenvalue weighted by molar-refractivity contribution is 6.08. The molecule has 15 heteroatoms. The van der Waals surface area contributed by atoms with E-state index in [-0.39, 0.29) is 36.4 Å². The quantitative estimate of drug-likeness (QED) is 0.187. The second-order valence-electron chi connectivity index (χ2n) is 15.2. The number of hydrogen-bond donors (Lipinski definition) is 2. The normalized spacial score (nSPS) is 17.5. The van der Waals surface area contributed by atoms with Gasteiger partial charge in [0, 0.05) is 62.8 Å². The maximum absolute atomic E-state index is 14.6. The third-order valence-corrected chi connectivity index (χ3v) is 9.98. The number of benzene rings is 3. The molecule has 2 N–H and O–H groups in total. The molecule has 2 aromatic heterocycles. The van der Waals surface area contributed by atoms with Crippen molar-refractivity contribution in [2.75, 3.05) is 52.4 Å². The van der Waals surface area contributed by atoms with E-state index in [1.165, 1.54) is 6.20 Å². The van der Waals surface area contributed by atoms with Gasteiger partial charge in [-0.1, -0.05) is 30.3 Å². The summed E-state index contributed by atoms with van der Waals surface area (Å²) in [6.45, 7) is 8.41. The van der Waals surface area contributed by atoms with Crippen LogP contribution in [0.2, 0.25) is 0 Å². The van der Waals surface area contributed by atoms with Crippen molar-refractivity contribution in [1.29, 1.82) is 0 Å². The number of amides is 4. The van der Waals surface area contributed by atoms with Crippen molar-refractivity contribution >= 4 is 51.6 Å². The molecule has 0 saturated carbocycles. The summed E-state index contributed by atoms with van der Waals surface area (Å²) in [6.07, 6.45) is -0.423. The Hall–Kier alpha value is -6.22. The number of likely N-dealkylation sites (tertiary alicyclic amines) is 1. The molecule has 7 rings (SSSR count). The van der Waals surface area contributed by atoms with Gasteiger partial charge in [0.2, 0.25) is 11.7 Å². The van der Waals surface area contributed by atoms with Gasteiger partial charge in [0.15, 0.2) is 5.58 Å². The second kappa shape index (κ2) is 16.5. The number of carbonyl (C=O) groups excluding carboxylic acids is 5. The summed E-state index contributed by atoms with van der Waals surface area (Å²) in [6, 6.07) is 19.9. The number of rotatable bonds is 10. The highest BCUT2D eigenvalue weighted by Gasteiger charge is 2.41. The summed E-state index contributed by atoms with van der Waals surface area (Å²) in [5.74, 6) is -2.16. The van der Waals surface area contributed by atoms with Crippen LogP contribution in [0.5, 0.6) is 0 Å². The molecule has 0 spiro atoms. The molecule has 2 aliphatic heterocycles. The molecule has 2 fully saturated rings. The van der Waals surface area contributed by atoms with E-state index < -0.39 is 42.0 Å². The molecule has 296 valence electrons. The Morgan fingerprint density at radius 1 is 0.877 bits per heavy atom. The molecule has 0 unspecified atom stereocenters. The van der Waals surface area contributed by atoms with E-state index in [1.54, 1.807) is 53.4 Å². The minimum Gasteiger partial charge on any atom is -0.444 e. The van der Waals surface area contributed by atoms with Crippen molar-refractivity contribution in [3.8, 4) is 11.1 Å². The summed E-state index contributed by atoms with van der Waals surface area (Å²) in [5, 5.41) is 6.15. The Kier molecular flexibility index (Phi) is 11.3. The lowest BCUT2D eigenvalue weighted by molar-refractivity contribution is -0.130. The molecule has 14 nitrogen and oxygen atoms in total. The molecule has 0 bridgehead atoms. The molecule has 5 aromatic rings. The van der Waals surface area contributed by atoms with E-state index in [2.05, 4.69) is 25.5 Å². The summed E-state index contributed by atoms with van der Waals surface area (Å²) >= 11 is 0. The minimum absolute atomic E-state index is 0.196. The van der Waals surface area contributed by atoms with Gasteiger partial charge in [-0.05, 0) is 74.4 Å². The van der Waals surface area contributed by atoms with Crippen LogP contribution < -0.4 is 10.6 Å². The fraction of sp³-hybridized carbons (Fsp3) is 0.357. The maximum atomic E-state index is 14.6. The first-order chi connectivity index (χ1) is 27.3. The number of Topliss-reactive ketones (excluding diaryl/α,β-unsaturated/α-hetero) is 1. The maximum Gasteiger partial charge on any atom is 0.410 e. The molecule has 0 radical (unpaired) electrons. The van der Waals surface area contributed by atoms with Gasteiger partial charge >= 0.3 is 6.09 Å². The summed E-state index contributed by atoms with van der Waals surface area (Å²) in [5.41, 5.74) is 3.27. The van der Waals surface area contributed by atoms with Crippen LogP contribution in [0, 0.1) is 0 Å². The van der Waals surface area contributed by atoms with E-state index in [0.717, 1.165) is 16.0 Å². The lowest BCUT2D eigenvalue weighted by atomic mass is 9.99. The number of carbonyl (C=O) groups is 5. The van der Waals surface area contributed by atoms with Crippen LogP contribution in [0.1, 0.15) is 58.6 Å². The van der Waals surface area contributed by atoms with Crippen LogP contribution in [0.15, 0.2) is 83.4 Å². The molecular weight excluding hydrogens is 734 g/mol. The average molecular weight is 778 g/mol. The molecule has 3 aromatic carbocycles. The number of ether oxygens (including phenoxy) is 1. The summed E-state index contributed by atoms with van der Waals surface area (Å²) in [7, 11) is 0. The third-order valence-electron chi connectivity index (χ3n) is 9.98. The average Bonchev–Trinajstić information content (AvgIpc) is 3.82. The first-order valence-corrected chi connectivity index (χ1v) is 18.9. The number of pyridine rings is 1. The van der Waals surface area contributed by atoms with Gasteiger partial charge in [-0.3, -0.25) is 29.1 Å². The number of piperazine rings is 1. The topological polar surface area (TPSA) is 167 Å². The van der Waals surface area contributed by atoms with Gasteiger partial charge in [0.1, 0.15) is 23.3 Å². The number of nitrogens with one attached hydrogen (secondary N) is 2. The molecule has 57 heavy (non-hydrogen) atoms. The molecular formula is C42H44FN7O7. The number of oxazole rings is 1. The van der Waals surface area contributed by atoms with Crippen molar-refractivity contribution in [2.45, 2.75) is 45.0 Å². The molecule has 0 aliphatic carbocycles. The van der Waals surface area contributed by atoms with Crippen molar-refractivity contribution in [3.05, 3.63) is 96.0 Å². The number of hydrogen-bond acceptors (Lipinski definition) is 10. The third kappa shape index (κ3) is 9.10. The number of aromatic nitrogens is 2. The largest absolute Gasteiger partial charge is 0.444 e. The van der Waals surface area contributed by atoms with E-state index in [1.807, 2.05) is 45.0 Å². The Morgan fingerprint density at radius 3 is 2.35 bits per heavy atom. The van der Waals surface area contributed by atoms with Crippen LogP contribution >= 0.6 is 0 Å². The van der Waals surface area contributed by atoms with Gasteiger partial charge in [-0.15, -0.1) is 0 Å². The Labute approximate surface area is 328 Å². The molecule has 2 aliphatic rings. The van der Waals surface area contributed by atoms with Gasteiger partial charge in [0.05, 0.1) is 24.2 Å². The first-order valence-electron chi connectivity index (χ1n) is 18.9. The zero-order valence-corrected chi connectivity index (χ0v) is 32.0. The van der Waals surface area contributed by atoms with Crippen LogP contribution in [-0.4, -0.2) is 124 Å². The van der Waals surface area contributed by atoms with E-state index in [4.69, 9.17) is 9.15 Å². The molecule has 4 heterocycles.